The highest BCUT2D eigenvalue weighted by Crippen LogP contribution is 2.64. The first-order chi connectivity index (χ1) is 7.13. The molecule has 0 N–H and O–H groups in total. The third kappa shape index (κ3) is 1.36. The normalized spacial score (nSPS) is 52.8. The van der Waals surface area contributed by atoms with Crippen molar-refractivity contribution in [1.82, 2.24) is 0 Å². The Hall–Kier alpha value is -0.140. The second kappa shape index (κ2) is 3.18. The van der Waals surface area contributed by atoms with Crippen LogP contribution in [0.4, 0.5) is 8.78 Å². The molecular formula is C13H20F2. The van der Waals surface area contributed by atoms with Gasteiger partial charge in [0.05, 0.1) is 0 Å². The van der Waals surface area contributed by atoms with Crippen LogP contribution in [0.1, 0.15) is 45.4 Å². The van der Waals surface area contributed by atoms with Crippen LogP contribution in [0.3, 0.4) is 0 Å². The summed E-state index contributed by atoms with van der Waals surface area (Å²) in [5.41, 5.74) is 0.474. The van der Waals surface area contributed by atoms with Crippen LogP contribution in [-0.4, -0.2) is 6.43 Å². The minimum absolute atomic E-state index is 0.249. The average Bonchev–Trinajstić information content (AvgIpc) is 2.15. The maximum absolute atomic E-state index is 13.0. The minimum atomic E-state index is -2.06. The Bertz CT molecular complexity index is 245. The van der Waals surface area contributed by atoms with Crippen LogP contribution < -0.4 is 0 Å². The first-order valence-electron chi connectivity index (χ1n) is 6.42. The predicted octanol–water partition coefficient (Wildman–Crippen LogP) is 4.10. The van der Waals surface area contributed by atoms with Crippen LogP contribution in [0.25, 0.3) is 0 Å². The van der Waals surface area contributed by atoms with Crippen LogP contribution in [0.5, 0.6) is 0 Å². The third-order valence-corrected chi connectivity index (χ3v) is 5.51. The maximum atomic E-state index is 13.0. The molecule has 15 heavy (non-hydrogen) atoms. The van der Waals surface area contributed by atoms with Crippen LogP contribution >= 0.6 is 0 Å². The van der Waals surface area contributed by atoms with Gasteiger partial charge in [-0.15, -0.1) is 0 Å². The average molecular weight is 214 g/mol. The summed E-state index contributed by atoms with van der Waals surface area (Å²) in [6.45, 7) is 2.25. The summed E-state index contributed by atoms with van der Waals surface area (Å²) in [6.07, 6.45) is 4.91. The second-order valence-electron chi connectivity index (χ2n) is 6.24. The smallest absolute Gasteiger partial charge is 0.210 e. The van der Waals surface area contributed by atoms with E-state index in [0.717, 1.165) is 31.6 Å². The van der Waals surface area contributed by atoms with Crippen molar-refractivity contribution in [2.75, 3.05) is 0 Å². The molecule has 4 saturated carbocycles. The van der Waals surface area contributed by atoms with E-state index in [4.69, 9.17) is 0 Å². The molecule has 86 valence electrons. The molecule has 4 aliphatic rings. The molecule has 2 unspecified atom stereocenters. The number of alkyl halides is 2. The molecule has 2 atom stereocenters. The SMILES string of the molecule is CCC12CC3CC(C1)C(C(F)F)C(C3)C2. The molecule has 4 fully saturated rings. The zero-order valence-electron chi connectivity index (χ0n) is 9.39. The lowest BCUT2D eigenvalue weighted by Crippen LogP contribution is -2.52. The first-order valence-corrected chi connectivity index (χ1v) is 6.42. The third-order valence-electron chi connectivity index (χ3n) is 5.51. The summed E-state index contributed by atoms with van der Waals surface area (Å²) in [6, 6.07) is 0. The molecule has 0 nitrogen and oxygen atoms in total. The van der Waals surface area contributed by atoms with Gasteiger partial charge in [-0.3, -0.25) is 0 Å². The molecule has 0 aromatic carbocycles. The predicted molar refractivity (Wildman–Crippen MR) is 55.8 cm³/mol. The fourth-order valence-electron chi connectivity index (χ4n) is 5.08. The number of hydrogen-bond donors (Lipinski definition) is 0. The molecule has 0 heterocycles. The van der Waals surface area contributed by atoms with E-state index in [2.05, 4.69) is 6.92 Å². The molecule has 4 bridgehead atoms. The highest BCUT2D eigenvalue weighted by Gasteiger charge is 2.56. The summed E-state index contributed by atoms with van der Waals surface area (Å²) in [5, 5.41) is 0. The summed E-state index contributed by atoms with van der Waals surface area (Å²) in [5.74, 6) is 1.26. The van der Waals surface area contributed by atoms with E-state index in [-0.39, 0.29) is 5.92 Å². The van der Waals surface area contributed by atoms with Gasteiger partial charge in [0.2, 0.25) is 6.43 Å². The molecule has 4 aliphatic carbocycles. The van der Waals surface area contributed by atoms with Gasteiger partial charge in [0, 0.05) is 5.92 Å². The van der Waals surface area contributed by atoms with Crippen LogP contribution in [0, 0.1) is 29.1 Å². The van der Waals surface area contributed by atoms with Crippen molar-refractivity contribution in [3.63, 3.8) is 0 Å². The highest BCUT2D eigenvalue weighted by molar-refractivity contribution is 5.04. The Kier molecular flexibility index (Phi) is 2.13. The Morgan fingerprint density at radius 3 is 2.20 bits per heavy atom. The zero-order chi connectivity index (χ0) is 10.6. The number of hydrogen-bond acceptors (Lipinski definition) is 0. The van der Waals surface area contributed by atoms with E-state index < -0.39 is 6.43 Å². The number of rotatable bonds is 2. The van der Waals surface area contributed by atoms with Crippen LogP contribution in [0.2, 0.25) is 0 Å². The lowest BCUT2D eigenvalue weighted by molar-refractivity contribution is -0.141. The van der Waals surface area contributed by atoms with Crippen LogP contribution in [0.15, 0.2) is 0 Å². The molecular weight excluding hydrogens is 194 g/mol. The van der Waals surface area contributed by atoms with Crippen molar-refractivity contribution in [2.24, 2.45) is 29.1 Å². The van der Waals surface area contributed by atoms with Gasteiger partial charge in [-0.25, -0.2) is 8.78 Å². The minimum Gasteiger partial charge on any atom is -0.210 e. The molecule has 0 spiro atoms. The molecule has 4 rings (SSSR count). The standard InChI is InChI=1S/C13H20F2/c1-2-13-5-8-3-9(6-13)11(12(14)15)10(4-8)7-13/h8-12H,2-7H2,1H3. The van der Waals surface area contributed by atoms with Gasteiger partial charge in [0.15, 0.2) is 0 Å². The first kappa shape index (κ1) is 10.0. The van der Waals surface area contributed by atoms with Gasteiger partial charge in [0.25, 0.3) is 0 Å². The van der Waals surface area contributed by atoms with E-state index in [9.17, 15) is 8.78 Å². The Labute approximate surface area is 90.4 Å². The fraction of sp³-hybridized carbons (Fsp3) is 1.00. The van der Waals surface area contributed by atoms with Gasteiger partial charge in [-0.1, -0.05) is 13.3 Å². The summed E-state index contributed by atoms with van der Waals surface area (Å²) < 4.78 is 26.0. The molecule has 0 aromatic heterocycles. The van der Waals surface area contributed by atoms with E-state index in [0.29, 0.717) is 17.3 Å². The van der Waals surface area contributed by atoms with Gasteiger partial charge in [-0.05, 0) is 55.3 Å². The van der Waals surface area contributed by atoms with E-state index >= 15 is 0 Å². The zero-order valence-corrected chi connectivity index (χ0v) is 9.39. The van der Waals surface area contributed by atoms with Crippen molar-refractivity contribution in [3.8, 4) is 0 Å². The molecule has 0 amide bonds. The van der Waals surface area contributed by atoms with Gasteiger partial charge in [0.1, 0.15) is 0 Å². The van der Waals surface area contributed by atoms with Crippen molar-refractivity contribution in [3.05, 3.63) is 0 Å². The van der Waals surface area contributed by atoms with Crippen molar-refractivity contribution in [2.45, 2.75) is 51.9 Å². The Morgan fingerprint density at radius 1 is 1.13 bits per heavy atom. The van der Waals surface area contributed by atoms with Crippen LogP contribution in [-0.2, 0) is 0 Å². The molecule has 2 heteroatoms. The van der Waals surface area contributed by atoms with Crippen molar-refractivity contribution in [1.29, 1.82) is 0 Å². The summed E-state index contributed by atoms with van der Waals surface area (Å²) in [4.78, 5) is 0. The quantitative estimate of drug-likeness (QED) is 0.649. The Morgan fingerprint density at radius 2 is 1.73 bits per heavy atom. The fourth-order valence-corrected chi connectivity index (χ4v) is 5.08. The Balaban J connectivity index is 1.88. The highest BCUT2D eigenvalue weighted by atomic mass is 19.3. The van der Waals surface area contributed by atoms with Gasteiger partial charge >= 0.3 is 0 Å². The lowest BCUT2D eigenvalue weighted by Gasteiger charge is -2.60. The topological polar surface area (TPSA) is 0 Å². The van der Waals surface area contributed by atoms with Gasteiger partial charge in [-0.2, -0.15) is 0 Å². The number of halogens is 2. The molecule has 0 aromatic rings. The lowest BCUT2D eigenvalue weighted by atomic mass is 9.45. The van der Waals surface area contributed by atoms with E-state index in [1.807, 2.05) is 0 Å². The van der Waals surface area contributed by atoms with Crippen molar-refractivity contribution < 1.29 is 8.78 Å². The van der Waals surface area contributed by atoms with E-state index in [1.165, 1.54) is 12.8 Å². The van der Waals surface area contributed by atoms with Crippen molar-refractivity contribution >= 4 is 0 Å². The second-order valence-corrected chi connectivity index (χ2v) is 6.24. The van der Waals surface area contributed by atoms with Gasteiger partial charge < -0.3 is 0 Å². The molecule has 0 radical (unpaired) electrons. The largest absolute Gasteiger partial charge is 0.241 e. The monoisotopic (exact) mass is 214 g/mol. The summed E-state index contributed by atoms with van der Waals surface area (Å²) >= 11 is 0. The molecule has 0 aliphatic heterocycles. The molecule has 0 saturated heterocycles. The summed E-state index contributed by atoms with van der Waals surface area (Å²) in [7, 11) is 0. The maximum Gasteiger partial charge on any atom is 0.241 e. The van der Waals surface area contributed by atoms with E-state index in [1.54, 1.807) is 0 Å².